The molecular weight excluding hydrogens is 284 g/mol. The van der Waals surface area contributed by atoms with Gasteiger partial charge in [0.15, 0.2) is 6.61 Å². The standard InChI is InChI=1S/C16H22N2O4/c1-4-13(12-8-6-5-7-9-12)16(21)22-11-14(19)17-10-15(20)18(2)3/h5-9,13H,4,10-11H2,1-3H3,(H,17,19)/t13-/m1/s1. The van der Waals surface area contributed by atoms with Gasteiger partial charge in [0.1, 0.15) is 0 Å². The number of nitrogens with zero attached hydrogens (tertiary/aromatic N) is 1. The molecule has 1 atom stereocenters. The number of hydrogen-bond donors (Lipinski definition) is 1. The second-order valence-electron chi connectivity index (χ2n) is 5.04. The smallest absolute Gasteiger partial charge is 0.313 e. The van der Waals surface area contributed by atoms with Crippen LogP contribution in [0.5, 0.6) is 0 Å². The highest BCUT2D eigenvalue weighted by atomic mass is 16.5. The number of carbonyl (C=O) groups excluding carboxylic acids is 3. The molecule has 1 aromatic carbocycles. The molecule has 0 saturated heterocycles. The topological polar surface area (TPSA) is 75.7 Å². The summed E-state index contributed by atoms with van der Waals surface area (Å²) in [5.74, 6) is -1.55. The number of rotatable bonds is 7. The Kier molecular flexibility index (Phi) is 7.08. The van der Waals surface area contributed by atoms with E-state index in [1.54, 1.807) is 14.1 Å². The maximum atomic E-state index is 12.0. The zero-order valence-corrected chi connectivity index (χ0v) is 13.2. The number of ether oxygens (including phenoxy) is 1. The maximum Gasteiger partial charge on any atom is 0.313 e. The van der Waals surface area contributed by atoms with Crippen LogP contribution in [0.15, 0.2) is 30.3 Å². The van der Waals surface area contributed by atoms with Crippen molar-refractivity contribution < 1.29 is 19.1 Å². The summed E-state index contributed by atoms with van der Waals surface area (Å²) in [5, 5.41) is 2.41. The molecule has 0 unspecified atom stereocenters. The summed E-state index contributed by atoms with van der Waals surface area (Å²) in [6.45, 7) is 1.39. The van der Waals surface area contributed by atoms with E-state index in [9.17, 15) is 14.4 Å². The fraction of sp³-hybridized carbons (Fsp3) is 0.438. The van der Waals surface area contributed by atoms with E-state index >= 15 is 0 Å². The fourth-order valence-corrected chi connectivity index (χ4v) is 1.84. The molecule has 0 aliphatic carbocycles. The molecule has 22 heavy (non-hydrogen) atoms. The predicted octanol–water partition coefficient (Wildman–Crippen LogP) is 0.928. The molecule has 0 spiro atoms. The molecule has 2 amide bonds. The first kappa shape index (κ1) is 17.7. The molecule has 0 aliphatic rings. The lowest BCUT2D eigenvalue weighted by Crippen LogP contribution is -2.38. The highest BCUT2D eigenvalue weighted by Gasteiger charge is 2.21. The minimum Gasteiger partial charge on any atom is -0.455 e. The van der Waals surface area contributed by atoms with Crippen LogP contribution in [-0.2, 0) is 19.1 Å². The second-order valence-corrected chi connectivity index (χ2v) is 5.04. The van der Waals surface area contributed by atoms with Crippen molar-refractivity contribution in [2.45, 2.75) is 19.3 Å². The molecule has 0 heterocycles. The molecule has 0 fully saturated rings. The van der Waals surface area contributed by atoms with Gasteiger partial charge < -0.3 is 15.0 Å². The van der Waals surface area contributed by atoms with Crippen LogP contribution in [0.1, 0.15) is 24.8 Å². The van der Waals surface area contributed by atoms with E-state index in [4.69, 9.17) is 4.74 Å². The van der Waals surface area contributed by atoms with Gasteiger partial charge in [-0.05, 0) is 12.0 Å². The first-order chi connectivity index (χ1) is 10.5. The Morgan fingerprint density at radius 2 is 1.82 bits per heavy atom. The largest absolute Gasteiger partial charge is 0.455 e. The van der Waals surface area contributed by atoms with Crippen molar-refractivity contribution in [1.29, 1.82) is 0 Å². The predicted molar refractivity (Wildman–Crippen MR) is 82.1 cm³/mol. The van der Waals surface area contributed by atoms with Crippen molar-refractivity contribution in [2.24, 2.45) is 0 Å². The third-order valence-electron chi connectivity index (χ3n) is 3.18. The zero-order chi connectivity index (χ0) is 16.5. The summed E-state index contributed by atoms with van der Waals surface area (Å²) >= 11 is 0. The van der Waals surface area contributed by atoms with Crippen LogP contribution in [0.2, 0.25) is 0 Å². The Morgan fingerprint density at radius 3 is 2.36 bits per heavy atom. The Labute approximate surface area is 130 Å². The minimum absolute atomic E-state index is 0.112. The maximum absolute atomic E-state index is 12.0. The highest BCUT2D eigenvalue weighted by molar-refractivity contribution is 5.87. The monoisotopic (exact) mass is 306 g/mol. The Morgan fingerprint density at radius 1 is 1.18 bits per heavy atom. The highest BCUT2D eigenvalue weighted by Crippen LogP contribution is 2.20. The SMILES string of the molecule is CC[C@@H](C(=O)OCC(=O)NCC(=O)N(C)C)c1ccccc1. The lowest BCUT2D eigenvalue weighted by molar-refractivity contribution is -0.150. The van der Waals surface area contributed by atoms with E-state index in [-0.39, 0.29) is 19.1 Å². The second kappa shape index (κ2) is 8.81. The molecule has 0 radical (unpaired) electrons. The van der Waals surface area contributed by atoms with Crippen LogP contribution < -0.4 is 5.32 Å². The van der Waals surface area contributed by atoms with E-state index in [1.165, 1.54) is 4.90 Å². The first-order valence-electron chi connectivity index (χ1n) is 7.14. The molecule has 1 aromatic rings. The summed E-state index contributed by atoms with van der Waals surface area (Å²) in [6, 6.07) is 9.28. The van der Waals surface area contributed by atoms with Gasteiger partial charge in [0.2, 0.25) is 5.91 Å². The average Bonchev–Trinajstić information content (AvgIpc) is 2.52. The van der Waals surface area contributed by atoms with Gasteiger partial charge in [-0.1, -0.05) is 37.3 Å². The summed E-state index contributed by atoms with van der Waals surface area (Å²) in [6.07, 6.45) is 0.587. The Bertz CT molecular complexity index is 514. The molecule has 120 valence electrons. The lowest BCUT2D eigenvalue weighted by atomic mass is 9.97. The van der Waals surface area contributed by atoms with Crippen molar-refractivity contribution in [3.8, 4) is 0 Å². The van der Waals surface area contributed by atoms with Crippen LogP contribution >= 0.6 is 0 Å². The number of nitrogens with one attached hydrogen (secondary N) is 1. The molecule has 0 saturated carbocycles. The van der Waals surface area contributed by atoms with Gasteiger partial charge in [-0.3, -0.25) is 14.4 Å². The first-order valence-corrected chi connectivity index (χ1v) is 7.14. The normalized spacial score (nSPS) is 11.4. The van der Waals surface area contributed by atoms with E-state index in [1.807, 2.05) is 37.3 Å². The third-order valence-corrected chi connectivity index (χ3v) is 3.18. The van der Waals surface area contributed by atoms with Gasteiger partial charge in [0, 0.05) is 14.1 Å². The van der Waals surface area contributed by atoms with Crippen LogP contribution in [0.3, 0.4) is 0 Å². The van der Waals surface area contributed by atoms with Gasteiger partial charge in [-0.15, -0.1) is 0 Å². The number of benzene rings is 1. The molecule has 1 rings (SSSR count). The zero-order valence-electron chi connectivity index (χ0n) is 13.2. The molecule has 0 aliphatic heterocycles. The van der Waals surface area contributed by atoms with Gasteiger partial charge in [0.05, 0.1) is 12.5 Å². The average molecular weight is 306 g/mol. The molecule has 0 bridgehead atoms. The van der Waals surface area contributed by atoms with Gasteiger partial charge in [-0.25, -0.2) is 0 Å². The third kappa shape index (κ3) is 5.55. The number of hydrogen-bond acceptors (Lipinski definition) is 4. The van der Waals surface area contributed by atoms with Gasteiger partial charge in [-0.2, -0.15) is 0 Å². The van der Waals surface area contributed by atoms with E-state index in [2.05, 4.69) is 5.32 Å². The number of carbonyl (C=O) groups is 3. The summed E-state index contributed by atoms with van der Waals surface area (Å²) in [5.41, 5.74) is 0.859. The van der Waals surface area contributed by atoms with Crippen molar-refractivity contribution in [3.05, 3.63) is 35.9 Å². The van der Waals surface area contributed by atoms with E-state index in [0.717, 1.165) is 5.56 Å². The van der Waals surface area contributed by atoms with Crippen molar-refractivity contribution >= 4 is 17.8 Å². The summed E-state index contributed by atoms with van der Waals surface area (Å²) in [7, 11) is 3.19. The molecule has 6 heteroatoms. The summed E-state index contributed by atoms with van der Waals surface area (Å²) in [4.78, 5) is 36.3. The molecule has 1 N–H and O–H groups in total. The molecular formula is C16H22N2O4. The van der Waals surface area contributed by atoms with Gasteiger partial charge >= 0.3 is 5.97 Å². The quantitative estimate of drug-likeness (QED) is 0.760. The number of likely N-dealkylation sites (N-methyl/N-ethyl adjacent to an activating group) is 1. The molecule has 6 nitrogen and oxygen atoms in total. The van der Waals surface area contributed by atoms with E-state index < -0.39 is 17.8 Å². The Balaban J connectivity index is 2.44. The number of esters is 1. The van der Waals surface area contributed by atoms with Crippen molar-refractivity contribution in [3.63, 3.8) is 0 Å². The van der Waals surface area contributed by atoms with Crippen LogP contribution in [-0.4, -0.2) is 49.9 Å². The lowest BCUT2D eigenvalue weighted by Gasteiger charge is -2.15. The van der Waals surface area contributed by atoms with Crippen molar-refractivity contribution in [1.82, 2.24) is 10.2 Å². The minimum atomic E-state index is -0.494. The van der Waals surface area contributed by atoms with Crippen LogP contribution in [0.25, 0.3) is 0 Å². The van der Waals surface area contributed by atoms with Crippen LogP contribution in [0.4, 0.5) is 0 Å². The van der Waals surface area contributed by atoms with Crippen LogP contribution in [0, 0.1) is 0 Å². The number of amides is 2. The Hall–Kier alpha value is -2.37. The van der Waals surface area contributed by atoms with E-state index in [0.29, 0.717) is 6.42 Å². The van der Waals surface area contributed by atoms with Crippen molar-refractivity contribution in [2.75, 3.05) is 27.2 Å². The fourth-order valence-electron chi connectivity index (χ4n) is 1.84. The summed E-state index contributed by atoms with van der Waals surface area (Å²) < 4.78 is 5.03. The van der Waals surface area contributed by atoms with Gasteiger partial charge in [0.25, 0.3) is 5.91 Å². The molecule has 0 aromatic heterocycles.